The van der Waals surface area contributed by atoms with Gasteiger partial charge in [-0.3, -0.25) is 0 Å². The van der Waals surface area contributed by atoms with Crippen molar-refractivity contribution in [3.8, 4) is 0 Å². The Bertz CT molecular complexity index is 427. The largest absolute Gasteiger partial charge is 0.445 e. The third-order valence-corrected chi connectivity index (χ3v) is 4.01. The zero-order valence-corrected chi connectivity index (χ0v) is 13.5. The molecule has 1 fully saturated rings. The minimum Gasteiger partial charge on any atom is -0.445 e. The van der Waals surface area contributed by atoms with Crippen molar-refractivity contribution in [3.63, 3.8) is 0 Å². The molecule has 4 nitrogen and oxygen atoms in total. The van der Waals surface area contributed by atoms with Gasteiger partial charge >= 0.3 is 6.09 Å². The lowest BCUT2D eigenvalue weighted by Crippen LogP contribution is -2.41. The van der Waals surface area contributed by atoms with Crippen LogP contribution in [0.4, 0.5) is 4.79 Å². The number of ether oxygens (including phenoxy) is 2. The Morgan fingerprint density at radius 3 is 2.59 bits per heavy atom. The maximum Gasteiger partial charge on any atom is 0.410 e. The third kappa shape index (κ3) is 5.68. The summed E-state index contributed by atoms with van der Waals surface area (Å²) < 4.78 is 11.2. The van der Waals surface area contributed by atoms with Crippen molar-refractivity contribution in [2.24, 2.45) is 0 Å². The van der Waals surface area contributed by atoms with Gasteiger partial charge in [0, 0.05) is 19.7 Å². The standard InChI is InChI=1S/C18H27NO3/c1-2-3-7-14-21-17-10-12-19(13-11-17)18(20)22-15-16-8-5-4-6-9-16/h4-6,8-9,17H,2-3,7,10-15H2,1H3. The Balaban J connectivity index is 1.62. The summed E-state index contributed by atoms with van der Waals surface area (Å²) >= 11 is 0. The molecule has 1 aliphatic heterocycles. The molecule has 0 radical (unpaired) electrons. The van der Waals surface area contributed by atoms with Gasteiger partial charge in [0.05, 0.1) is 6.10 Å². The Kier molecular flexibility index (Phi) is 7.23. The normalized spacial score (nSPS) is 15.8. The van der Waals surface area contributed by atoms with Crippen molar-refractivity contribution >= 4 is 6.09 Å². The van der Waals surface area contributed by atoms with Crippen molar-refractivity contribution in [2.75, 3.05) is 19.7 Å². The van der Waals surface area contributed by atoms with E-state index in [9.17, 15) is 4.79 Å². The number of hydrogen-bond donors (Lipinski definition) is 0. The van der Waals surface area contributed by atoms with Gasteiger partial charge in [-0.1, -0.05) is 50.1 Å². The molecule has 2 rings (SSSR count). The molecular formula is C18H27NO3. The Hall–Kier alpha value is -1.55. The van der Waals surface area contributed by atoms with Crippen molar-refractivity contribution in [2.45, 2.75) is 51.7 Å². The molecule has 0 aliphatic carbocycles. The molecule has 22 heavy (non-hydrogen) atoms. The summed E-state index contributed by atoms with van der Waals surface area (Å²) in [6.07, 6.45) is 5.48. The van der Waals surface area contributed by atoms with Gasteiger partial charge in [-0.05, 0) is 24.8 Å². The van der Waals surface area contributed by atoms with E-state index in [1.807, 2.05) is 30.3 Å². The molecule has 0 unspecified atom stereocenters. The first-order valence-corrected chi connectivity index (χ1v) is 8.37. The maximum atomic E-state index is 12.0. The number of nitrogens with zero attached hydrogens (tertiary/aromatic N) is 1. The zero-order valence-electron chi connectivity index (χ0n) is 13.5. The number of carbonyl (C=O) groups excluding carboxylic acids is 1. The lowest BCUT2D eigenvalue weighted by Gasteiger charge is -2.31. The Morgan fingerprint density at radius 1 is 1.18 bits per heavy atom. The summed E-state index contributed by atoms with van der Waals surface area (Å²) in [6.45, 7) is 4.84. The Morgan fingerprint density at radius 2 is 1.91 bits per heavy atom. The quantitative estimate of drug-likeness (QED) is 0.715. The van der Waals surface area contributed by atoms with Gasteiger partial charge in [0.1, 0.15) is 6.61 Å². The highest BCUT2D eigenvalue weighted by atomic mass is 16.6. The predicted molar refractivity (Wildman–Crippen MR) is 86.7 cm³/mol. The first-order valence-electron chi connectivity index (χ1n) is 8.37. The van der Waals surface area contributed by atoms with Gasteiger partial charge in [-0.25, -0.2) is 4.79 Å². The van der Waals surface area contributed by atoms with E-state index in [-0.39, 0.29) is 6.09 Å². The van der Waals surface area contributed by atoms with E-state index >= 15 is 0 Å². The maximum absolute atomic E-state index is 12.0. The fourth-order valence-electron chi connectivity index (χ4n) is 2.62. The second-order valence-electron chi connectivity index (χ2n) is 5.80. The van der Waals surface area contributed by atoms with Crippen LogP contribution in [0.3, 0.4) is 0 Å². The number of carbonyl (C=O) groups is 1. The molecule has 1 saturated heterocycles. The van der Waals surface area contributed by atoms with Crippen LogP contribution in [0.5, 0.6) is 0 Å². The van der Waals surface area contributed by atoms with Crippen LogP contribution >= 0.6 is 0 Å². The molecule has 122 valence electrons. The lowest BCUT2D eigenvalue weighted by atomic mass is 10.1. The first kappa shape index (κ1) is 16.8. The van der Waals surface area contributed by atoms with E-state index in [1.165, 1.54) is 12.8 Å². The SMILES string of the molecule is CCCCCOC1CCN(C(=O)OCc2ccccc2)CC1. The van der Waals surface area contributed by atoms with E-state index in [0.717, 1.165) is 44.5 Å². The number of amides is 1. The minimum atomic E-state index is -0.215. The molecule has 0 atom stereocenters. The molecule has 1 amide bonds. The van der Waals surface area contributed by atoms with Crippen LogP contribution in [0.2, 0.25) is 0 Å². The number of likely N-dealkylation sites (tertiary alicyclic amines) is 1. The molecule has 0 spiro atoms. The van der Waals surface area contributed by atoms with Crippen molar-refractivity contribution in [3.05, 3.63) is 35.9 Å². The van der Waals surface area contributed by atoms with E-state index in [0.29, 0.717) is 12.7 Å². The van der Waals surface area contributed by atoms with Gasteiger partial charge < -0.3 is 14.4 Å². The van der Waals surface area contributed by atoms with Gasteiger partial charge in [0.15, 0.2) is 0 Å². The smallest absolute Gasteiger partial charge is 0.410 e. The molecule has 1 heterocycles. The monoisotopic (exact) mass is 305 g/mol. The molecule has 1 aliphatic rings. The van der Waals surface area contributed by atoms with E-state index in [4.69, 9.17) is 9.47 Å². The molecular weight excluding hydrogens is 278 g/mol. The van der Waals surface area contributed by atoms with Crippen LogP contribution in [0, 0.1) is 0 Å². The van der Waals surface area contributed by atoms with Crippen molar-refractivity contribution in [1.29, 1.82) is 0 Å². The molecule has 0 bridgehead atoms. The van der Waals surface area contributed by atoms with Gasteiger partial charge in [0.25, 0.3) is 0 Å². The lowest BCUT2D eigenvalue weighted by molar-refractivity contribution is 0.00358. The van der Waals surface area contributed by atoms with Crippen LogP contribution in [0.15, 0.2) is 30.3 Å². The molecule has 0 N–H and O–H groups in total. The number of hydrogen-bond acceptors (Lipinski definition) is 3. The van der Waals surface area contributed by atoms with E-state index < -0.39 is 0 Å². The average Bonchev–Trinajstić information content (AvgIpc) is 2.58. The van der Waals surface area contributed by atoms with E-state index in [1.54, 1.807) is 4.90 Å². The van der Waals surface area contributed by atoms with Crippen LogP contribution in [0.1, 0.15) is 44.6 Å². The average molecular weight is 305 g/mol. The molecule has 0 aromatic heterocycles. The predicted octanol–water partition coefficient (Wildman–Crippen LogP) is 3.99. The highest BCUT2D eigenvalue weighted by Gasteiger charge is 2.24. The fourth-order valence-corrected chi connectivity index (χ4v) is 2.62. The second-order valence-corrected chi connectivity index (χ2v) is 5.80. The van der Waals surface area contributed by atoms with Crippen LogP contribution in [-0.4, -0.2) is 36.8 Å². The minimum absolute atomic E-state index is 0.215. The van der Waals surface area contributed by atoms with Crippen LogP contribution in [-0.2, 0) is 16.1 Å². The van der Waals surface area contributed by atoms with Crippen molar-refractivity contribution in [1.82, 2.24) is 4.90 Å². The molecule has 1 aromatic carbocycles. The highest BCUT2D eigenvalue weighted by Crippen LogP contribution is 2.15. The van der Waals surface area contributed by atoms with Gasteiger partial charge in [-0.15, -0.1) is 0 Å². The molecule has 1 aromatic rings. The second kappa shape index (κ2) is 9.46. The zero-order chi connectivity index (χ0) is 15.6. The fraction of sp³-hybridized carbons (Fsp3) is 0.611. The van der Waals surface area contributed by atoms with Crippen molar-refractivity contribution < 1.29 is 14.3 Å². The number of rotatable bonds is 7. The number of unbranched alkanes of at least 4 members (excludes halogenated alkanes) is 2. The third-order valence-electron chi connectivity index (χ3n) is 4.01. The summed E-state index contributed by atoms with van der Waals surface area (Å²) in [4.78, 5) is 13.8. The number of piperidine rings is 1. The summed E-state index contributed by atoms with van der Waals surface area (Å²) in [7, 11) is 0. The summed E-state index contributed by atoms with van der Waals surface area (Å²) in [6, 6.07) is 9.78. The molecule has 4 heteroatoms. The molecule has 0 saturated carbocycles. The van der Waals surface area contributed by atoms with E-state index in [2.05, 4.69) is 6.92 Å². The van der Waals surface area contributed by atoms with Gasteiger partial charge in [-0.2, -0.15) is 0 Å². The topological polar surface area (TPSA) is 38.8 Å². The summed E-state index contributed by atoms with van der Waals surface area (Å²) in [5.74, 6) is 0. The summed E-state index contributed by atoms with van der Waals surface area (Å²) in [5.41, 5.74) is 1.02. The van der Waals surface area contributed by atoms with Crippen LogP contribution in [0.25, 0.3) is 0 Å². The number of benzene rings is 1. The first-order chi connectivity index (χ1) is 10.8. The summed E-state index contributed by atoms with van der Waals surface area (Å²) in [5, 5.41) is 0. The Labute approximate surface area is 133 Å². The van der Waals surface area contributed by atoms with Gasteiger partial charge in [0.2, 0.25) is 0 Å². The van der Waals surface area contributed by atoms with Crippen LogP contribution < -0.4 is 0 Å². The highest BCUT2D eigenvalue weighted by molar-refractivity contribution is 5.67.